The van der Waals surface area contributed by atoms with Crippen LogP contribution in [0.1, 0.15) is 49.8 Å². The standard InChI is InChI=1S/C17H27NO2/c1-5-11-18-16(17(20-4)9-6-10-17)15-8-7-14(19-3)12-13(15)2/h7-8,12,16,18H,5-6,9-11H2,1-4H3. The summed E-state index contributed by atoms with van der Waals surface area (Å²) < 4.78 is 11.2. The smallest absolute Gasteiger partial charge is 0.119 e. The quantitative estimate of drug-likeness (QED) is 0.826. The van der Waals surface area contributed by atoms with E-state index < -0.39 is 0 Å². The SMILES string of the molecule is CCCNC(c1ccc(OC)cc1C)C1(OC)CCC1. The van der Waals surface area contributed by atoms with Gasteiger partial charge in [0, 0.05) is 7.11 Å². The van der Waals surface area contributed by atoms with Gasteiger partial charge in [0.15, 0.2) is 0 Å². The Labute approximate surface area is 122 Å². The molecular formula is C17H27NO2. The molecule has 3 nitrogen and oxygen atoms in total. The number of ether oxygens (including phenoxy) is 2. The van der Waals surface area contributed by atoms with Gasteiger partial charge in [0.1, 0.15) is 5.75 Å². The second-order valence-corrected chi connectivity index (χ2v) is 5.73. The van der Waals surface area contributed by atoms with Crippen LogP contribution in [0, 0.1) is 6.92 Å². The first-order chi connectivity index (χ1) is 9.66. The number of benzene rings is 1. The first-order valence-electron chi connectivity index (χ1n) is 7.60. The molecule has 1 aliphatic carbocycles. The molecule has 1 unspecified atom stereocenters. The van der Waals surface area contributed by atoms with Crippen molar-refractivity contribution in [3.8, 4) is 5.75 Å². The van der Waals surface area contributed by atoms with Crippen LogP contribution < -0.4 is 10.1 Å². The Morgan fingerprint density at radius 1 is 1.30 bits per heavy atom. The minimum atomic E-state index is -0.0332. The molecule has 0 radical (unpaired) electrons. The molecule has 0 spiro atoms. The summed E-state index contributed by atoms with van der Waals surface area (Å²) in [6, 6.07) is 6.61. The minimum Gasteiger partial charge on any atom is -0.497 e. The van der Waals surface area contributed by atoms with Crippen LogP contribution in [0.2, 0.25) is 0 Å². The lowest BCUT2D eigenvalue weighted by Crippen LogP contribution is -2.51. The first-order valence-corrected chi connectivity index (χ1v) is 7.60. The number of hydrogen-bond acceptors (Lipinski definition) is 3. The van der Waals surface area contributed by atoms with Crippen LogP contribution >= 0.6 is 0 Å². The summed E-state index contributed by atoms with van der Waals surface area (Å²) in [4.78, 5) is 0. The molecule has 0 amide bonds. The van der Waals surface area contributed by atoms with Crippen molar-refractivity contribution >= 4 is 0 Å². The maximum Gasteiger partial charge on any atom is 0.119 e. The Balaban J connectivity index is 2.30. The molecule has 0 saturated heterocycles. The van der Waals surface area contributed by atoms with Crippen LogP contribution in [-0.4, -0.2) is 26.4 Å². The summed E-state index contributed by atoms with van der Waals surface area (Å²) in [7, 11) is 3.56. The van der Waals surface area contributed by atoms with Crippen LogP contribution in [0.15, 0.2) is 18.2 Å². The van der Waals surface area contributed by atoms with Crippen molar-refractivity contribution in [1.82, 2.24) is 5.32 Å². The average Bonchev–Trinajstić information content (AvgIpc) is 2.42. The highest BCUT2D eigenvalue weighted by Gasteiger charge is 2.45. The molecule has 0 aromatic heterocycles. The lowest BCUT2D eigenvalue weighted by atomic mass is 9.71. The van der Waals surface area contributed by atoms with Crippen LogP contribution in [0.4, 0.5) is 0 Å². The highest BCUT2D eigenvalue weighted by atomic mass is 16.5. The Morgan fingerprint density at radius 3 is 2.50 bits per heavy atom. The lowest BCUT2D eigenvalue weighted by molar-refractivity contribution is -0.0998. The van der Waals surface area contributed by atoms with Gasteiger partial charge in [-0.3, -0.25) is 0 Å². The summed E-state index contributed by atoms with van der Waals surface area (Å²) in [5.74, 6) is 0.917. The maximum absolute atomic E-state index is 5.91. The zero-order valence-electron chi connectivity index (χ0n) is 13.2. The molecule has 1 aromatic rings. The second kappa shape index (κ2) is 6.59. The van der Waals surface area contributed by atoms with Gasteiger partial charge in [-0.2, -0.15) is 0 Å². The van der Waals surface area contributed by atoms with Crippen molar-refractivity contribution in [1.29, 1.82) is 0 Å². The van der Waals surface area contributed by atoms with Crippen molar-refractivity contribution < 1.29 is 9.47 Å². The molecule has 1 fully saturated rings. The van der Waals surface area contributed by atoms with E-state index in [1.165, 1.54) is 17.5 Å². The fraction of sp³-hybridized carbons (Fsp3) is 0.647. The summed E-state index contributed by atoms with van der Waals surface area (Å²) in [6.45, 7) is 5.37. The van der Waals surface area contributed by atoms with Gasteiger partial charge in [-0.1, -0.05) is 13.0 Å². The molecule has 1 aromatic carbocycles. The monoisotopic (exact) mass is 277 g/mol. The Kier molecular flexibility index (Phi) is 5.06. The molecule has 0 heterocycles. The van der Waals surface area contributed by atoms with Crippen LogP contribution in [0.25, 0.3) is 0 Å². The van der Waals surface area contributed by atoms with Gasteiger partial charge in [0.2, 0.25) is 0 Å². The largest absolute Gasteiger partial charge is 0.497 e. The fourth-order valence-electron chi connectivity index (χ4n) is 3.10. The molecular weight excluding hydrogens is 250 g/mol. The van der Waals surface area contributed by atoms with Crippen LogP contribution in [-0.2, 0) is 4.74 Å². The van der Waals surface area contributed by atoms with Crippen LogP contribution in [0.5, 0.6) is 5.75 Å². The molecule has 2 rings (SSSR count). The maximum atomic E-state index is 5.91. The molecule has 1 aliphatic rings. The predicted molar refractivity (Wildman–Crippen MR) is 82.4 cm³/mol. The summed E-state index contributed by atoms with van der Waals surface area (Å²) >= 11 is 0. The molecule has 1 N–H and O–H groups in total. The van der Waals surface area contributed by atoms with Crippen molar-refractivity contribution in [3.05, 3.63) is 29.3 Å². The van der Waals surface area contributed by atoms with Crippen molar-refractivity contribution in [2.45, 2.75) is 51.2 Å². The first kappa shape index (κ1) is 15.3. The Morgan fingerprint density at radius 2 is 2.05 bits per heavy atom. The Hall–Kier alpha value is -1.06. The minimum absolute atomic E-state index is 0.0332. The number of nitrogens with one attached hydrogen (secondary N) is 1. The third kappa shape index (κ3) is 2.84. The lowest BCUT2D eigenvalue weighted by Gasteiger charge is -2.47. The summed E-state index contributed by atoms with van der Waals surface area (Å²) in [5, 5.41) is 3.69. The van der Waals surface area contributed by atoms with Gasteiger partial charge in [-0.15, -0.1) is 0 Å². The zero-order chi connectivity index (χ0) is 14.6. The van der Waals surface area contributed by atoms with E-state index in [0.717, 1.165) is 31.6 Å². The Bertz CT molecular complexity index is 435. The third-order valence-corrected chi connectivity index (χ3v) is 4.52. The normalized spacial score (nSPS) is 18.4. The predicted octanol–water partition coefficient (Wildman–Crippen LogP) is 3.61. The van der Waals surface area contributed by atoms with Gasteiger partial charge >= 0.3 is 0 Å². The van der Waals surface area contributed by atoms with Crippen LogP contribution in [0.3, 0.4) is 0 Å². The van der Waals surface area contributed by atoms with E-state index in [9.17, 15) is 0 Å². The average molecular weight is 277 g/mol. The van der Waals surface area contributed by atoms with Crippen molar-refractivity contribution in [2.75, 3.05) is 20.8 Å². The number of rotatable bonds is 7. The zero-order valence-corrected chi connectivity index (χ0v) is 13.2. The van der Waals surface area contributed by atoms with E-state index in [4.69, 9.17) is 9.47 Å². The van der Waals surface area contributed by atoms with E-state index >= 15 is 0 Å². The van der Waals surface area contributed by atoms with E-state index in [1.807, 2.05) is 13.2 Å². The van der Waals surface area contributed by atoms with Gasteiger partial charge in [0.05, 0.1) is 18.8 Å². The van der Waals surface area contributed by atoms with Gasteiger partial charge in [0.25, 0.3) is 0 Å². The number of methoxy groups -OCH3 is 2. The number of hydrogen-bond donors (Lipinski definition) is 1. The van der Waals surface area contributed by atoms with Gasteiger partial charge < -0.3 is 14.8 Å². The molecule has 0 aliphatic heterocycles. The molecule has 0 bridgehead atoms. The van der Waals surface area contributed by atoms with E-state index in [1.54, 1.807) is 7.11 Å². The topological polar surface area (TPSA) is 30.5 Å². The molecule has 1 saturated carbocycles. The van der Waals surface area contributed by atoms with Gasteiger partial charge in [-0.25, -0.2) is 0 Å². The highest BCUT2D eigenvalue weighted by Crippen LogP contribution is 2.45. The highest BCUT2D eigenvalue weighted by molar-refractivity contribution is 5.38. The molecule has 20 heavy (non-hydrogen) atoms. The number of aryl methyl sites for hydroxylation is 1. The summed E-state index contributed by atoms with van der Waals surface area (Å²) in [5.41, 5.74) is 2.57. The molecule has 3 heteroatoms. The van der Waals surface area contributed by atoms with Crippen molar-refractivity contribution in [2.24, 2.45) is 0 Å². The molecule has 112 valence electrons. The van der Waals surface area contributed by atoms with E-state index in [2.05, 4.69) is 31.3 Å². The fourth-order valence-corrected chi connectivity index (χ4v) is 3.10. The van der Waals surface area contributed by atoms with Crippen molar-refractivity contribution in [3.63, 3.8) is 0 Å². The second-order valence-electron chi connectivity index (χ2n) is 5.73. The third-order valence-electron chi connectivity index (χ3n) is 4.52. The molecule has 1 atom stereocenters. The van der Waals surface area contributed by atoms with Gasteiger partial charge in [-0.05, 0) is 62.4 Å². The van der Waals surface area contributed by atoms with E-state index in [0.29, 0.717) is 0 Å². The summed E-state index contributed by atoms with van der Waals surface area (Å²) in [6.07, 6.45) is 4.66. The van der Waals surface area contributed by atoms with E-state index in [-0.39, 0.29) is 11.6 Å².